The number of ether oxygens (including phenoxy) is 1. The lowest BCUT2D eigenvalue weighted by molar-refractivity contribution is -0.938. The van der Waals surface area contributed by atoms with E-state index in [-0.39, 0.29) is 0 Å². The maximum atomic E-state index is 5.90. The van der Waals surface area contributed by atoms with Crippen LogP contribution in [0, 0.1) is 0 Å². The predicted molar refractivity (Wildman–Crippen MR) is 92.5 cm³/mol. The summed E-state index contributed by atoms with van der Waals surface area (Å²) in [5, 5.41) is 0. The third kappa shape index (κ3) is 4.97. The van der Waals surface area contributed by atoms with Crippen LogP contribution in [0.5, 0.6) is 0 Å². The van der Waals surface area contributed by atoms with Crippen LogP contribution in [0.4, 0.5) is 0 Å². The van der Waals surface area contributed by atoms with Crippen LogP contribution in [0.1, 0.15) is 25.0 Å². The fourth-order valence-corrected chi connectivity index (χ4v) is 2.84. The number of rotatable bonds is 9. The van der Waals surface area contributed by atoms with Crippen molar-refractivity contribution in [2.24, 2.45) is 0 Å². The summed E-state index contributed by atoms with van der Waals surface area (Å²) in [6, 6.07) is 21.2. The second-order valence-electron chi connectivity index (χ2n) is 5.88. The Kier molecular flexibility index (Phi) is 6.63. The van der Waals surface area contributed by atoms with Crippen molar-refractivity contribution in [1.29, 1.82) is 0 Å². The zero-order chi connectivity index (χ0) is 15.7. The van der Waals surface area contributed by atoms with Gasteiger partial charge >= 0.3 is 0 Å². The molecule has 0 N–H and O–H groups in total. The molecule has 0 radical (unpaired) electrons. The topological polar surface area (TPSA) is 9.23 Å². The first-order valence-corrected chi connectivity index (χ1v) is 8.28. The first kappa shape index (κ1) is 16.7. The van der Waals surface area contributed by atoms with E-state index in [1.807, 2.05) is 6.07 Å². The molecule has 2 nitrogen and oxygen atoms in total. The minimum atomic E-state index is 0.708. The molecule has 0 aliphatic carbocycles. The molecular formula is C20H28NO+. The lowest BCUT2D eigenvalue weighted by atomic mass is 10.1. The molecule has 2 rings (SSSR count). The molecule has 0 unspecified atom stereocenters. The van der Waals surface area contributed by atoms with Crippen molar-refractivity contribution in [2.75, 3.05) is 26.2 Å². The first-order chi connectivity index (χ1) is 10.8. The summed E-state index contributed by atoms with van der Waals surface area (Å²) >= 11 is 0. The summed E-state index contributed by atoms with van der Waals surface area (Å²) in [5.41, 5.74) is 2.66. The Bertz CT molecular complexity index is 520. The molecule has 0 saturated carbocycles. The van der Waals surface area contributed by atoms with Crippen LogP contribution in [0.15, 0.2) is 60.7 Å². The Hall–Kier alpha value is -1.64. The third-order valence-electron chi connectivity index (χ3n) is 4.52. The maximum Gasteiger partial charge on any atom is 0.104 e. The van der Waals surface area contributed by atoms with Gasteiger partial charge in [-0.3, -0.25) is 0 Å². The SMILES string of the molecule is CC[N+](CC)(CCOCc1ccccc1)Cc1ccccc1. The molecule has 0 amide bonds. The van der Waals surface area contributed by atoms with Crippen LogP contribution in [-0.2, 0) is 17.9 Å². The highest BCUT2D eigenvalue weighted by Gasteiger charge is 2.23. The van der Waals surface area contributed by atoms with Gasteiger partial charge in [0.05, 0.1) is 26.3 Å². The van der Waals surface area contributed by atoms with Crippen molar-refractivity contribution in [1.82, 2.24) is 0 Å². The summed E-state index contributed by atoms with van der Waals surface area (Å²) in [5.74, 6) is 0. The van der Waals surface area contributed by atoms with Crippen LogP contribution in [0.2, 0.25) is 0 Å². The van der Waals surface area contributed by atoms with Crippen LogP contribution >= 0.6 is 0 Å². The highest BCUT2D eigenvalue weighted by Crippen LogP contribution is 2.14. The number of quaternary nitrogens is 1. The van der Waals surface area contributed by atoms with Gasteiger partial charge in [0.15, 0.2) is 0 Å². The van der Waals surface area contributed by atoms with Crippen LogP contribution in [-0.4, -0.2) is 30.7 Å². The van der Waals surface area contributed by atoms with E-state index in [0.29, 0.717) is 6.61 Å². The molecule has 0 aliphatic heterocycles. The minimum absolute atomic E-state index is 0.708. The van der Waals surface area contributed by atoms with Gasteiger partial charge in [-0.1, -0.05) is 60.7 Å². The zero-order valence-electron chi connectivity index (χ0n) is 13.9. The Morgan fingerprint density at radius 1 is 0.773 bits per heavy atom. The fraction of sp³-hybridized carbons (Fsp3) is 0.400. The molecule has 0 fully saturated rings. The van der Waals surface area contributed by atoms with Crippen molar-refractivity contribution < 1.29 is 9.22 Å². The highest BCUT2D eigenvalue weighted by molar-refractivity contribution is 5.14. The smallest absolute Gasteiger partial charge is 0.104 e. The number of hydrogen-bond acceptors (Lipinski definition) is 1. The molecule has 2 aromatic carbocycles. The van der Waals surface area contributed by atoms with E-state index in [4.69, 9.17) is 4.74 Å². The van der Waals surface area contributed by atoms with Gasteiger partial charge in [-0.05, 0) is 19.4 Å². The van der Waals surface area contributed by atoms with Crippen LogP contribution in [0.3, 0.4) is 0 Å². The summed E-state index contributed by atoms with van der Waals surface area (Å²) in [7, 11) is 0. The van der Waals surface area contributed by atoms with E-state index in [1.165, 1.54) is 11.1 Å². The Morgan fingerprint density at radius 3 is 1.86 bits per heavy atom. The van der Waals surface area contributed by atoms with Gasteiger partial charge in [-0.2, -0.15) is 0 Å². The molecule has 2 aromatic rings. The van der Waals surface area contributed by atoms with Gasteiger partial charge in [0.2, 0.25) is 0 Å². The van der Waals surface area contributed by atoms with E-state index < -0.39 is 0 Å². The summed E-state index contributed by atoms with van der Waals surface area (Å²) in [6.07, 6.45) is 0. The summed E-state index contributed by atoms with van der Waals surface area (Å²) < 4.78 is 6.98. The first-order valence-electron chi connectivity index (χ1n) is 8.28. The van der Waals surface area contributed by atoms with Gasteiger partial charge in [-0.15, -0.1) is 0 Å². The number of likely N-dealkylation sites (N-methyl/N-ethyl adjacent to an activating group) is 1. The van der Waals surface area contributed by atoms with E-state index in [1.54, 1.807) is 0 Å². The van der Waals surface area contributed by atoms with Gasteiger partial charge in [-0.25, -0.2) is 0 Å². The third-order valence-corrected chi connectivity index (χ3v) is 4.52. The van der Waals surface area contributed by atoms with Gasteiger partial charge in [0, 0.05) is 5.56 Å². The van der Waals surface area contributed by atoms with E-state index in [2.05, 4.69) is 68.4 Å². The van der Waals surface area contributed by atoms with Crippen molar-refractivity contribution >= 4 is 0 Å². The number of benzene rings is 2. The highest BCUT2D eigenvalue weighted by atomic mass is 16.5. The van der Waals surface area contributed by atoms with Crippen LogP contribution in [0.25, 0.3) is 0 Å². The Labute approximate surface area is 134 Å². The quantitative estimate of drug-likeness (QED) is 0.496. The average Bonchev–Trinajstić information content (AvgIpc) is 2.59. The summed E-state index contributed by atoms with van der Waals surface area (Å²) in [4.78, 5) is 0. The standard InChI is InChI=1S/C20H28NO/c1-3-21(4-2,17-19-11-7-5-8-12-19)15-16-22-18-20-13-9-6-10-14-20/h5-14H,3-4,15-18H2,1-2H3/q+1. The van der Waals surface area contributed by atoms with E-state index in [9.17, 15) is 0 Å². The van der Waals surface area contributed by atoms with Crippen molar-refractivity contribution in [3.63, 3.8) is 0 Å². The fourth-order valence-electron chi connectivity index (χ4n) is 2.84. The van der Waals surface area contributed by atoms with Gasteiger partial charge in [0.1, 0.15) is 13.1 Å². The van der Waals surface area contributed by atoms with E-state index in [0.717, 1.165) is 37.3 Å². The molecule has 22 heavy (non-hydrogen) atoms. The Morgan fingerprint density at radius 2 is 1.32 bits per heavy atom. The molecular weight excluding hydrogens is 270 g/mol. The second-order valence-corrected chi connectivity index (χ2v) is 5.88. The second kappa shape index (κ2) is 8.72. The molecule has 0 saturated heterocycles. The zero-order valence-corrected chi connectivity index (χ0v) is 13.9. The van der Waals surface area contributed by atoms with Gasteiger partial charge < -0.3 is 9.22 Å². The van der Waals surface area contributed by atoms with Crippen molar-refractivity contribution in [3.8, 4) is 0 Å². The molecule has 0 bridgehead atoms. The largest absolute Gasteiger partial charge is 0.371 e. The molecule has 0 spiro atoms. The molecule has 0 aromatic heterocycles. The van der Waals surface area contributed by atoms with Crippen LogP contribution < -0.4 is 0 Å². The number of hydrogen-bond donors (Lipinski definition) is 0. The van der Waals surface area contributed by atoms with Crippen molar-refractivity contribution in [2.45, 2.75) is 27.0 Å². The minimum Gasteiger partial charge on any atom is -0.371 e. The van der Waals surface area contributed by atoms with E-state index >= 15 is 0 Å². The lowest BCUT2D eigenvalue weighted by Crippen LogP contribution is -2.49. The normalized spacial score (nSPS) is 11.5. The molecule has 118 valence electrons. The Balaban J connectivity index is 1.85. The monoisotopic (exact) mass is 298 g/mol. The summed E-state index contributed by atoms with van der Waals surface area (Å²) in [6.45, 7) is 10.5. The molecule has 0 heterocycles. The predicted octanol–water partition coefficient (Wildman–Crippen LogP) is 4.26. The van der Waals surface area contributed by atoms with Crippen molar-refractivity contribution in [3.05, 3.63) is 71.8 Å². The molecule has 2 heteroatoms. The maximum absolute atomic E-state index is 5.90. The average molecular weight is 298 g/mol. The van der Waals surface area contributed by atoms with Gasteiger partial charge in [0.25, 0.3) is 0 Å². The molecule has 0 aliphatic rings. The lowest BCUT2D eigenvalue weighted by Gasteiger charge is -2.37. The number of nitrogens with zero attached hydrogens (tertiary/aromatic N) is 1. The molecule has 0 atom stereocenters.